The van der Waals surface area contributed by atoms with E-state index in [1.807, 2.05) is 18.2 Å². The molecule has 2 aromatic carbocycles. The zero-order chi connectivity index (χ0) is 19.9. The van der Waals surface area contributed by atoms with Crippen molar-refractivity contribution in [3.05, 3.63) is 65.2 Å². The summed E-state index contributed by atoms with van der Waals surface area (Å²) in [6.45, 7) is -0.295. The fourth-order valence-corrected chi connectivity index (χ4v) is 2.30. The molecule has 0 spiro atoms. The first-order chi connectivity index (χ1) is 12.8. The summed E-state index contributed by atoms with van der Waals surface area (Å²) in [5, 5.41) is 11.9. The molecule has 0 aliphatic rings. The summed E-state index contributed by atoms with van der Waals surface area (Å²) >= 11 is 0. The van der Waals surface area contributed by atoms with Crippen LogP contribution in [0.2, 0.25) is 0 Å². The van der Waals surface area contributed by atoms with E-state index in [4.69, 9.17) is 4.74 Å². The van der Waals surface area contributed by atoms with Gasteiger partial charge >= 0.3 is 12.1 Å². The predicted molar refractivity (Wildman–Crippen MR) is 94.1 cm³/mol. The van der Waals surface area contributed by atoms with Gasteiger partial charge in [-0.1, -0.05) is 36.1 Å². The minimum atomic E-state index is -4.93. The molecule has 0 heterocycles. The average molecular weight is 377 g/mol. The number of hydrogen-bond donors (Lipinski definition) is 2. The number of nitrogens with one attached hydrogen (secondary N) is 1. The van der Waals surface area contributed by atoms with E-state index in [2.05, 4.69) is 11.8 Å². The number of aliphatic hydroxyl groups excluding tert-OH is 1. The summed E-state index contributed by atoms with van der Waals surface area (Å²) < 4.78 is 41.6. The molecule has 0 saturated heterocycles. The molecule has 0 fully saturated rings. The number of amides is 1. The fourth-order valence-electron chi connectivity index (χ4n) is 2.30. The summed E-state index contributed by atoms with van der Waals surface area (Å²) in [5.74, 6) is 4.57. The zero-order valence-corrected chi connectivity index (χ0v) is 14.5. The van der Waals surface area contributed by atoms with Crippen molar-refractivity contribution in [3.8, 4) is 17.6 Å². The highest BCUT2D eigenvalue weighted by atomic mass is 19.4. The number of halogens is 3. The number of carbonyl (C=O) groups excluding carboxylic acids is 1. The first kappa shape index (κ1) is 20.3. The lowest BCUT2D eigenvalue weighted by molar-refractivity contribution is -0.173. The Labute approximate surface area is 155 Å². The Morgan fingerprint density at radius 3 is 2.63 bits per heavy atom. The monoisotopic (exact) mass is 377 g/mol. The predicted octanol–water partition coefficient (Wildman–Crippen LogP) is 3.20. The van der Waals surface area contributed by atoms with Crippen LogP contribution in [0.3, 0.4) is 0 Å². The van der Waals surface area contributed by atoms with Crippen molar-refractivity contribution in [1.29, 1.82) is 0 Å². The highest BCUT2D eigenvalue weighted by Gasteiger charge is 2.38. The van der Waals surface area contributed by atoms with Crippen LogP contribution in [0.15, 0.2) is 48.5 Å². The van der Waals surface area contributed by atoms with Gasteiger partial charge in [0.25, 0.3) is 0 Å². The molecule has 2 N–H and O–H groups in total. The molecule has 0 bridgehead atoms. The molecule has 7 heteroatoms. The third kappa shape index (κ3) is 6.04. The molecule has 1 amide bonds. The van der Waals surface area contributed by atoms with Gasteiger partial charge in [-0.25, -0.2) is 0 Å². The molecule has 0 saturated carbocycles. The lowest BCUT2D eigenvalue weighted by Gasteiger charge is -2.13. The average Bonchev–Trinajstić information content (AvgIpc) is 2.65. The van der Waals surface area contributed by atoms with Crippen molar-refractivity contribution >= 4 is 5.91 Å². The van der Waals surface area contributed by atoms with Crippen LogP contribution in [0.1, 0.15) is 29.2 Å². The largest absolute Gasteiger partial charge is 0.495 e. The zero-order valence-electron chi connectivity index (χ0n) is 14.5. The Bertz CT molecular complexity index is 853. The maximum absolute atomic E-state index is 12.1. The molecule has 142 valence electrons. The second-order valence-electron chi connectivity index (χ2n) is 5.63. The highest BCUT2D eigenvalue weighted by Crippen LogP contribution is 2.19. The number of aliphatic hydroxyl groups is 1. The van der Waals surface area contributed by atoms with Crippen LogP contribution in [-0.4, -0.2) is 30.8 Å². The van der Waals surface area contributed by atoms with Crippen LogP contribution in [0.25, 0.3) is 0 Å². The number of rotatable bonds is 5. The van der Waals surface area contributed by atoms with E-state index in [0.717, 1.165) is 0 Å². The number of hydrogen-bond acceptors (Lipinski definition) is 3. The van der Waals surface area contributed by atoms with Crippen molar-refractivity contribution in [1.82, 2.24) is 5.32 Å². The van der Waals surface area contributed by atoms with E-state index in [1.54, 1.807) is 42.8 Å². The molecule has 1 atom stereocenters. The van der Waals surface area contributed by atoms with E-state index in [-0.39, 0.29) is 13.0 Å². The van der Waals surface area contributed by atoms with Crippen molar-refractivity contribution in [2.75, 3.05) is 13.7 Å². The van der Waals surface area contributed by atoms with E-state index in [9.17, 15) is 23.1 Å². The Morgan fingerprint density at radius 2 is 1.93 bits per heavy atom. The van der Waals surface area contributed by atoms with Gasteiger partial charge in [-0.15, -0.1) is 0 Å². The smallest absolute Gasteiger partial charge is 0.471 e. The summed E-state index contributed by atoms with van der Waals surface area (Å²) in [6, 6.07) is 14.0. The van der Waals surface area contributed by atoms with Gasteiger partial charge in [0.15, 0.2) is 0 Å². The summed E-state index contributed by atoms with van der Waals surface area (Å²) in [5.41, 5.74) is 1.85. The molecule has 0 aromatic heterocycles. The van der Waals surface area contributed by atoms with Crippen LogP contribution in [0, 0.1) is 11.8 Å². The molecule has 0 aliphatic carbocycles. The Hall–Kier alpha value is -2.98. The SMILES string of the molecule is COc1ccccc1C#Cc1cccc(C(O)CCNC(=O)C(F)(F)F)c1. The first-order valence-corrected chi connectivity index (χ1v) is 8.09. The van der Waals surface area contributed by atoms with E-state index >= 15 is 0 Å². The lowest BCUT2D eigenvalue weighted by Crippen LogP contribution is -2.37. The van der Waals surface area contributed by atoms with Gasteiger partial charge in [0.1, 0.15) is 5.75 Å². The maximum atomic E-state index is 12.1. The Kier molecular flexibility index (Phi) is 6.85. The minimum absolute atomic E-state index is 0.0504. The molecule has 0 aliphatic heterocycles. The van der Waals surface area contributed by atoms with Gasteiger partial charge in [0.2, 0.25) is 0 Å². The molecular weight excluding hydrogens is 359 g/mol. The van der Waals surface area contributed by atoms with E-state index in [1.165, 1.54) is 0 Å². The number of benzene rings is 2. The quantitative estimate of drug-likeness (QED) is 0.787. The third-order valence-electron chi connectivity index (χ3n) is 3.68. The molecule has 4 nitrogen and oxygen atoms in total. The summed E-state index contributed by atoms with van der Waals surface area (Å²) in [4.78, 5) is 10.8. The Morgan fingerprint density at radius 1 is 1.19 bits per heavy atom. The van der Waals surface area contributed by atoms with Crippen LogP contribution >= 0.6 is 0 Å². The first-order valence-electron chi connectivity index (χ1n) is 8.09. The Balaban J connectivity index is 2.03. The number of para-hydroxylation sites is 1. The molecule has 2 aromatic rings. The van der Waals surface area contributed by atoms with Crippen molar-refractivity contribution in [3.63, 3.8) is 0 Å². The van der Waals surface area contributed by atoms with Crippen LogP contribution in [-0.2, 0) is 4.79 Å². The summed E-state index contributed by atoms with van der Waals surface area (Å²) in [6.07, 6.45) is -6.00. The van der Waals surface area contributed by atoms with Gasteiger partial charge in [-0.2, -0.15) is 13.2 Å². The second-order valence-corrected chi connectivity index (χ2v) is 5.63. The number of carbonyl (C=O) groups is 1. The number of alkyl halides is 3. The van der Waals surface area contributed by atoms with E-state index in [0.29, 0.717) is 22.4 Å². The molecule has 27 heavy (non-hydrogen) atoms. The standard InChI is InChI=1S/C20H18F3NO3/c1-27-18-8-3-2-6-15(18)10-9-14-5-4-7-16(13-14)17(25)11-12-24-19(26)20(21,22)23/h2-8,13,17,25H,11-12H2,1H3,(H,24,26). The van der Waals surface area contributed by atoms with Crippen LogP contribution in [0.5, 0.6) is 5.75 Å². The normalized spacial score (nSPS) is 11.9. The van der Waals surface area contributed by atoms with Crippen LogP contribution < -0.4 is 10.1 Å². The van der Waals surface area contributed by atoms with Gasteiger partial charge in [0, 0.05) is 12.1 Å². The van der Waals surface area contributed by atoms with Gasteiger partial charge in [-0.3, -0.25) is 4.79 Å². The maximum Gasteiger partial charge on any atom is 0.471 e. The molecule has 0 radical (unpaired) electrons. The van der Waals surface area contributed by atoms with Crippen molar-refractivity contribution < 1.29 is 27.8 Å². The van der Waals surface area contributed by atoms with Gasteiger partial charge < -0.3 is 15.2 Å². The molecule has 2 rings (SSSR count). The molecular formula is C20H18F3NO3. The topological polar surface area (TPSA) is 58.6 Å². The third-order valence-corrected chi connectivity index (χ3v) is 3.68. The van der Waals surface area contributed by atoms with Gasteiger partial charge in [-0.05, 0) is 36.2 Å². The van der Waals surface area contributed by atoms with Gasteiger partial charge in [0.05, 0.1) is 18.8 Å². The van der Waals surface area contributed by atoms with E-state index < -0.39 is 18.2 Å². The lowest BCUT2D eigenvalue weighted by atomic mass is 10.0. The molecule has 1 unspecified atom stereocenters. The second kappa shape index (κ2) is 9.10. The number of ether oxygens (including phenoxy) is 1. The van der Waals surface area contributed by atoms with Crippen molar-refractivity contribution in [2.24, 2.45) is 0 Å². The summed E-state index contributed by atoms with van der Waals surface area (Å²) in [7, 11) is 1.55. The number of methoxy groups -OCH3 is 1. The van der Waals surface area contributed by atoms with Crippen molar-refractivity contribution in [2.45, 2.75) is 18.7 Å². The minimum Gasteiger partial charge on any atom is -0.495 e. The fraction of sp³-hybridized carbons (Fsp3) is 0.250. The van der Waals surface area contributed by atoms with Crippen LogP contribution in [0.4, 0.5) is 13.2 Å². The highest BCUT2D eigenvalue weighted by molar-refractivity contribution is 5.81.